The van der Waals surface area contributed by atoms with E-state index in [4.69, 9.17) is 10.2 Å². The third-order valence-electron chi connectivity index (χ3n) is 3.28. The highest BCUT2D eigenvalue weighted by atomic mass is 16.6. The van der Waals surface area contributed by atoms with Crippen molar-refractivity contribution in [3.8, 4) is 0 Å². The molecule has 0 saturated carbocycles. The van der Waals surface area contributed by atoms with Crippen LogP contribution < -0.4 is 11.1 Å². The number of nitrogens with zero attached hydrogens (tertiary/aromatic N) is 1. The molecule has 0 fully saturated rings. The van der Waals surface area contributed by atoms with Crippen LogP contribution in [0.4, 0.5) is 11.4 Å². The number of amides is 1. The Morgan fingerprint density at radius 3 is 2.82 bits per heavy atom. The summed E-state index contributed by atoms with van der Waals surface area (Å²) in [6.45, 7) is 1.93. The molecular weight excluding hydrogens is 286 g/mol. The molecule has 116 valence electrons. The van der Waals surface area contributed by atoms with Crippen LogP contribution >= 0.6 is 0 Å². The minimum absolute atomic E-state index is 0.00299. The number of nitro groups is 1. The van der Waals surface area contributed by atoms with Gasteiger partial charge < -0.3 is 15.5 Å². The van der Waals surface area contributed by atoms with Crippen molar-refractivity contribution in [3.05, 3.63) is 58.0 Å². The second-order valence-corrected chi connectivity index (χ2v) is 5.02. The van der Waals surface area contributed by atoms with E-state index in [1.807, 2.05) is 19.1 Å². The number of nitrogens with one attached hydrogen (secondary N) is 1. The predicted molar refractivity (Wildman–Crippen MR) is 81.7 cm³/mol. The van der Waals surface area contributed by atoms with Gasteiger partial charge >= 0.3 is 0 Å². The Labute approximate surface area is 127 Å². The van der Waals surface area contributed by atoms with E-state index in [-0.39, 0.29) is 17.3 Å². The third kappa shape index (κ3) is 3.85. The molecule has 22 heavy (non-hydrogen) atoms. The zero-order valence-corrected chi connectivity index (χ0v) is 12.1. The lowest BCUT2D eigenvalue weighted by molar-refractivity contribution is -0.384. The van der Waals surface area contributed by atoms with Gasteiger partial charge in [-0.2, -0.15) is 0 Å². The lowest BCUT2D eigenvalue weighted by Gasteiger charge is -2.15. The number of anilines is 1. The number of rotatable bonds is 7. The highest BCUT2D eigenvalue weighted by molar-refractivity contribution is 5.94. The van der Waals surface area contributed by atoms with Gasteiger partial charge in [0.15, 0.2) is 0 Å². The fraction of sp³-hybridized carbons (Fsp3) is 0.267. The van der Waals surface area contributed by atoms with Crippen LogP contribution in [-0.4, -0.2) is 16.9 Å². The molecule has 1 aromatic carbocycles. The second-order valence-electron chi connectivity index (χ2n) is 5.02. The molecule has 0 aliphatic carbocycles. The monoisotopic (exact) mass is 303 g/mol. The average molecular weight is 303 g/mol. The summed E-state index contributed by atoms with van der Waals surface area (Å²) in [6, 6.07) is 7.86. The van der Waals surface area contributed by atoms with Crippen molar-refractivity contribution in [2.24, 2.45) is 5.73 Å². The number of furan rings is 1. The minimum atomic E-state index is -0.694. The van der Waals surface area contributed by atoms with Crippen LogP contribution in [-0.2, 0) is 6.42 Å². The maximum Gasteiger partial charge on any atom is 0.293 e. The van der Waals surface area contributed by atoms with Gasteiger partial charge in [-0.15, -0.1) is 0 Å². The zero-order valence-electron chi connectivity index (χ0n) is 12.1. The maximum atomic E-state index is 11.1. The number of carbonyl (C=O) groups is 1. The SMILES string of the molecule is CC(CCc1ccco1)Nc1ccc(C(N)=O)cc1[N+](=O)[O-]. The Morgan fingerprint density at radius 2 is 2.23 bits per heavy atom. The van der Waals surface area contributed by atoms with Crippen molar-refractivity contribution < 1.29 is 14.1 Å². The Kier molecular flexibility index (Phi) is 4.77. The number of benzene rings is 1. The largest absolute Gasteiger partial charge is 0.469 e. The number of hydrogen-bond acceptors (Lipinski definition) is 5. The fourth-order valence-electron chi connectivity index (χ4n) is 2.11. The Balaban J connectivity index is 2.07. The molecule has 7 nitrogen and oxygen atoms in total. The van der Waals surface area contributed by atoms with E-state index in [9.17, 15) is 14.9 Å². The maximum absolute atomic E-state index is 11.1. The third-order valence-corrected chi connectivity index (χ3v) is 3.28. The summed E-state index contributed by atoms with van der Waals surface area (Å²) in [5.41, 5.74) is 5.45. The van der Waals surface area contributed by atoms with Crippen molar-refractivity contribution in [2.75, 3.05) is 5.32 Å². The summed E-state index contributed by atoms with van der Waals surface area (Å²) in [6.07, 6.45) is 3.09. The molecule has 0 radical (unpaired) electrons. The summed E-state index contributed by atoms with van der Waals surface area (Å²) < 4.78 is 5.25. The molecule has 1 unspecified atom stereocenters. The Bertz CT molecular complexity index is 667. The fourth-order valence-corrected chi connectivity index (χ4v) is 2.11. The number of carbonyl (C=O) groups excluding carboxylic acids is 1. The molecule has 3 N–H and O–H groups in total. The molecule has 0 saturated heterocycles. The molecule has 7 heteroatoms. The molecule has 2 aromatic rings. The lowest BCUT2D eigenvalue weighted by Crippen LogP contribution is -2.17. The van der Waals surface area contributed by atoms with E-state index < -0.39 is 10.8 Å². The standard InChI is InChI=1S/C15H17N3O4/c1-10(4-6-12-3-2-8-22-12)17-13-7-5-11(15(16)19)9-14(13)18(20)21/h2-3,5,7-10,17H,4,6H2,1H3,(H2,16,19). The molecule has 0 bridgehead atoms. The molecule has 1 atom stereocenters. The predicted octanol–water partition coefficient (Wildman–Crippen LogP) is 2.72. The first-order valence-electron chi connectivity index (χ1n) is 6.84. The summed E-state index contributed by atoms with van der Waals surface area (Å²) in [7, 11) is 0. The van der Waals surface area contributed by atoms with Gasteiger partial charge in [0.25, 0.3) is 5.69 Å². The van der Waals surface area contributed by atoms with Gasteiger partial charge in [0, 0.05) is 24.1 Å². The van der Waals surface area contributed by atoms with Gasteiger partial charge in [0.1, 0.15) is 11.4 Å². The van der Waals surface area contributed by atoms with Crippen molar-refractivity contribution in [1.82, 2.24) is 0 Å². The van der Waals surface area contributed by atoms with Gasteiger partial charge in [-0.1, -0.05) is 0 Å². The highest BCUT2D eigenvalue weighted by Gasteiger charge is 2.18. The second kappa shape index (κ2) is 6.75. The van der Waals surface area contributed by atoms with Gasteiger partial charge in [0.2, 0.25) is 5.91 Å². The quantitative estimate of drug-likeness (QED) is 0.603. The van der Waals surface area contributed by atoms with Crippen LogP contribution in [0.15, 0.2) is 41.0 Å². The number of nitro benzene ring substituents is 1. The molecule has 2 rings (SSSR count). The summed E-state index contributed by atoms with van der Waals surface area (Å²) in [5, 5.41) is 14.2. The van der Waals surface area contributed by atoms with Crippen molar-refractivity contribution in [2.45, 2.75) is 25.8 Å². The Morgan fingerprint density at radius 1 is 1.45 bits per heavy atom. The lowest BCUT2D eigenvalue weighted by atomic mass is 10.1. The van der Waals surface area contributed by atoms with Gasteiger partial charge in [-0.25, -0.2) is 0 Å². The van der Waals surface area contributed by atoms with E-state index in [0.717, 1.165) is 18.6 Å². The first-order valence-corrected chi connectivity index (χ1v) is 6.84. The van der Waals surface area contributed by atoms with E-state index in [2.05, 4.69) is 5.32 Å². The first-order chi connectivity index (χ1) is 10.5. The number of aryl methyl sites for hydroxylation is 1. The Hall–Kier alpha value is -2.83. The smallest absolute Gasteiger partial charge is 0.293 e. The molecule has 0 aliphatic rings. The van der Waals surface area contributed by atoms with Crippen LogP contribution in [0.1, 0.15) is 29.5 Å². The van der Waals surface area contributed by atoms with Crippen molar-refractivity contribution in [1.29, 1.82) is 0 Å². The topological polar surface area (TPSA) is 111 Å². The number of primary amides is 1. The molecule has 1 amide bonds. The van der Waals surface area contributed by atoms with Gasteiger partial charge in [0.05, 0.1) is 11.2 Å². The van der Waals surface area contributed by atoms with E-state index >= 15 is 0 Å². The van der Waals surface area contributed by atoms with E-state index in [0.29, 0.717) is 5.69 Å². The first kappa shape index (κ1) is 15.6. The van der Waals surface area contributed by atoms with Gasteiger partial charge in [-0.05, 0) is 37.6 Å². The summed E-state index contributed by atoms with van der Waals surface area (Å²) in [5.74, 6) is 0.174. The van der Waals surface area contributed by atoms with Crippen LogP contribution in [0.2, 0.25) is 0 Å². The molecule has 0 aliphatic heterocycles. The summed E-state index contributed by atoms with van der Waals surface area (Å²) in [4.78, 5) is 21.7. The number of hydrogen-bond donors (Lipinski definition) is 2. The molecule has 1 heterocycles. The molecular formula is C15H17N3O4. The van der Waals surface area contributed by atoms with Crippen LogP contribution in [0.3, 0.4) is 0 Å². The van der Waals surface area contributed by atoms with Crippen LogP contribution in [0.25, 0.3) is 0 Å². The zero-order chi connectivity index (χ0) is 16.1. The number of nitrogens with two attached hydrogens (primary N) is 1. The summed E-state index contributed by atoms with van der Waals surface area (Å²) >= 11 is 0. The average Bonchev–Trinajstić information content (AvgIpc) is 2.98. The highest BCUT2D eigenvalue weighted by Crippen LogP contribution is 2.26. The molecule has 1 aromatic heterocycles. The van der Waals surface area contributed by atoms with E-state index in [1.165, 1.54) is 18.2 Å². The normalized spacial score (nSPS) is 11.9. The van der Waals surface area contributed by atoms with E-state index in [1.54, 1.807) is 6.26 Å². The van der Waals surface area contributed by atoms with Gasteiger partial charge in [-0.3, -0.25) is 14.9 Å². The van der Waals surface area contributed by atoms with Crippen LogP contribution in [0.5, 0.6) is 0 Å². The minimum Gasteiger partial charge on any atom is -0.469 e. The van der Waals surface area contributed by atoms with Crippen LogP contribution in [0, 0.1) is 10.1 Å². The van der Waals surface area contributed by atoms with Crippen molar-refractivity contribution in [3.63, 3.8) is 0 Å². The van der Waals surface area contributed by atoms with Crippen molar-refractivity contribution >= 4 is 17.3 Å². The molecule has 0 spiro atoms.